The Morgan fingerprint density at radius 1 is 1.11 bits per heavy atom. The Bertz CT molecular complexity index is 727. The molecule has 1 heterocycles. The van der Waals surface area contributed by atoms with Gasteiger partial charge in [-0.3, -0.25) is 4.79 Å². The molecule has 1 fully saturated rings. The fraction of sp³-hybridized carbons (Fsp3) is 0.409. The third-order valence-electron chi connectivity index (χ3n) is 5.40. The number of rotatable bonds is 7. The number of ether oxygens (including phenoxy) is 1. The minimum absolute atomic E-state index is 0.0243. The van der Waals surface area contributed by atoms with E-state index in [1.165, 1.54) is 12.1 Å². The van der Waals surface area contributed by atoms with Gasteiger partial charge in [-0.25, -0.2) is 4.39 Å². The molecule has 1 aliphatic heterocycles. The van der Waals surface area contributed by atoms with Crippen LogP contribution < -0.4 is 5.32 Å². The van der Waals surface area contributed by atoms with Crippen molar-refractivity contribution in [2.75, 3.05) is 26.4 Å². The second kappa shape index (κ2) is 9.11. The van der Waals surface area contributed by atoms with Crippen molar-refractivity contribution in [3.8, 4) is 0 Å². The van der Waals surface area contributed by atoms with Crippen molar-refractivity contribution in [2.24, 2.45) is 5.41 Å². The number of amides is 1. The van der Waals surface area contributed by atoms with Gasteiger partial charge in [-0.15, -0.1) is 0 Å². The fourth-order valence-corrected chi connectivity index (χ4v) is 3.50. The summed E-state index contributed by atoms with van der Waals surface area (Å²) in [6.07, 6.45) is 1.99. The lowest BCUT2D eigenvalue weighted by Crippen LogP contribution is -2.45. The van der Waals surface area contributed by atoms with E-state index in [4.69, 9.17) is 4.74 Å². The molecule has 0 aromatic heterocycles. The summed E-state index contributed by atoms with van der Waals surface area (Å²) in [7, 11) is 0. The number of aliphatic hydroxyl groups excluding tert-OH is 1. The highest BCUT2D eigenvalue weighted by molar-refractivity contribution is 5.84. The summed E-state index contributed by atoms with van der Waals surface area (Å²) in [5.41, 5.74) is 1.50. The van der Waals surface area contributed by atoms with Gasteiger partial charge in [0.05, 0.1) is 12.5 Å². The summed E-state index contributed by atoms with van der Waals surface area (Å²) < 4.78 is 18.7. The number of nitrogens with one attached hydrogen (secondary N) is 1. The van der Waals surface area contributed by atoms with Crippen LogP contribution in [0.15, 0.2) is 54.6 Å². The van der Waals surface area contributed by atoms with Crippen molar-refractivity contribution in [3.63, 3.8) is 0 Å². The van der Waals surface area contributed by atoms with Crippen molar-refractivity contribution >= 4 is 5.91 Å². The van der Waals surface area contributed by atoms with Gasteiger partial charge in [-0.05, 0) is 42.5 Å². The van der Waals surface area contributed by atoms with Crippen molar-refractivity contribution < 1.29 is 19.0 Å². The van der Waals surface area contributed by atoms with Crippen LogP contribution in [0.25, 0.3) is 0 Å². The Balaban J connectivity index is 1.74. The summed E-state index contributed by atoms with van der Waals surface area (Å²) in [5.74, 6) is -0.840. The van der Waals surface area contributed by atoms with Crippen LogP contribution in [0.4, 0.5) is 4.39 Å². The van der Waals surface area contributed by atoms with E-state index in [1.54, 1.807) is 12.1 Å². The Morgan fingerprint density at radius 2 is 1.78 bits per heavy atom. The van der Waals surface area contributed by atoms with Crippen molar-refractivity contribution in [2.45, 2.75) is 25.2 Å². The minimum Gasteiger partial charge on any atom is -0.396 e. The highest BCUT2D eigenvalue weighted by Crippen LogP contribution is 2.30. The van der Waals surface area contributed by atoms with Crippen molar-refractivity contribution in [3.05, 3.63) is 71.5 Å². The van der Waals surface area contributed by atoms with Crippen LogP contribution in [-0.4, -0.2) is 37.4 Å². The van der Waals surface area contributed by atoms with Crippen molar-refractivity contribution in [1.82, 2.24) is 5.32 Å². The van der Waals surface area contributed by atoms with E-state index >= 15 is 0 Å². The van der Waals surface area contributed by atoms with Gasteiger partial charge < -0.3 is 15.2 Å². The molecule has 1 amide bonds. The Labute approximate surface area is 159 Å². The Kier molecular flexibility index (Phi) is 6.58. The first-order chi connectivity index (χ1) is 13.1. The lowest BCUT2D eigenvalue weighted by Gasteiger charge is -2.36. The monoisotopic (exact) mass is 371 g/mol. The van der Waals surface area contributed by atoms with Gasteiger partial charge in [0, 0.05) is 25.2 Å². The van der Waals surface area contributed by atoms with Crippen LogP contribution in [-0.2, 0) is 16.0 Å². The van der Waals surface area contributed by atoms with Crippen LogP contribution >= 0.6 is 0 Å². The lowest BCUT2D eigenvalue weighted by molar-refractivity contribution is -0.123. The molecule has 1 aliphatic rings. The van der Waals surface area contributed by atoms with Crippen LogP contribution in [0.2, 0.25) is 0 Å². The first-order valence-corrected chi connectivity index (χ1v) is 9.38. The van der Waals surface area contributed by atoms with Crippen LogP contribution in [0, 0.1) is 11.2 Å². The van der Waals surface area contributed by atoms with Crippen LogP contribution in [0.5, 0.6) is 0 Å². The second-order valence-corrected chi connectivity index (χ2v) is 7.28. The molecule has 1 unspecified atom stereocenters. The number of carbonyl (C=O) groups excluding carboxylic acids is 1. The van der Waals surface area contributed by atoms with Gasteiger partial charge in [-0.1, -0.05) is 42.5 Å². The zero-order valence-corrected chi connectivity index (χ0v) is 15.4. The van der Waals surface area contributed by atoms with E-state index in [0.717, 1.165) is 24.0 Å². The van der Waals surface area contributed by atoms with Gasteiger partial charge in [0.1, 0.15) is 5.82 Å². The van der Waals surface area contributed by atoms with E-state index in [-0.39, 0.29) is 23.7 Å². The zero-order chi connectivity index (χ0) is 19.1. The topological polar surface area (TPSA) is 58.6 Å². The van der Waals surface area contributed by atoms with E-state index in [9.17, 15) is 14.3 Å². The van der Waals surface area contributed by atoms with E-state index < -0.39 is 5.92 Å². The van der Waals surface area contributed by atoms with Crippen LogP contribution in [0.1, 0.15) is 29.9 Å². The third-order valence-corrected chi connectivity index (χ3v) is 5.40. The van der Waals surface area contributed by atoms with E-state index in [1.807, 2.05) is 30.3 Å². The molecule has 5 heteroatoms. The molecule has 1 atom stereocenters. The first-order valence-electron chi connectivity index (χ1n) is 9.38. The molecule has 3 rings (SSSR count). The molecule has 0 radical (unpaired) electrons. The standard InChI is InChI=1S/C22H26FNO3/c23-19-8-6-18(7-9-19)20(14-17-4-2-1-3-5-17)21(26)24-15-22(16-25)10-12-27-13-11-22/h1-9,20,25H,10-16H2,(H,24,26). The minimum atomic E-state index is -0.413. The van der Waals surface area contributed by atoms with Gasteiger partial charge >= 0.3 is 0 Å². The number of aliphatic hydroxyl groups is 1. The largest absolute Gasteiger partial charge is 0.396 e. The SMILES string of the molecule is O=C(NCC1(CO)CCOCC1)C(Cc1ccccc1)c1ccc(F)cc1. The highest BCUT2D eigenvalue weighted by Gasteiger charge is 2.33. The normalized spacial score (nSPS) is 17.3. The molecule has 0 bridgehead atoms. The third kappa shape index (κ3) is 5.15. The molecular formula is C22H26FNO3. The average Bonchev–Trinajstić information content (AvgIpc) is 2.72. The second-order valence-electron chi connectivity index (χ2n) is 7.28. The van der Waals surface area contributed by atoms with Gasteiger partial charge in [0.2, 0.25) is 5.91 Å². The number of benzene rings is 2. The van der Waals surface area contributed by atoms with Gasteiger partial charge in [0.25, 0.3) is 0 Å². The molecule has 0 saturated carbocycles. The lowest BCUT2D eigenvalue weighted by atomic mass is 9.80. The molecule has 144 valence electrons. The maximum atomic E-state index is 13.3. The predicted octanol–water partition coefficient (Wildman–Crippen LogP) is 3.06. The van der Waals surface area contributed by atoms with Crippen molar-refractivity contribution in [1.29, 1.82) is 0 Å². The van der Waals surface area contributed by atoms with E-state index in [0.29, 0.717) is 26.2 Å². The molecular weight excluding hydrogens is 345 g/mol. The predicted molar refractivity (Wildman–Crippen MR) is 102 cm³/mol. The molecule has 2 aromatic carbocycles. The molecule has 0 aliphatic carbocycles. The van der Waals surface area contributed by atoms with E-state index in [2.05, 4.69) is 5.32 Å². The van der Waals surface area contributed by atoms with Gasteiger partial charge in [-0.2, -0.15) is 0 Å². The first kappa shape index (κ1) is 19.5. The quantitative estimate of drug-likeness (QED) is 0.786. The number of hydrogen-bond acceptors (Lipinski definition) is 3. The molecule has 2 N–H and O–H groups in total. The highest BCUT2D eigenvalue weighted by atomic mass is 19.1. The summed E-state index contributed by atoms with van der Waals surface area (Å²) >= 11 is 0. The Morgan fingerprint density at radius 3 is 2.41 bits per heavy atom. The molecule has 4 nitrogen and oxygen atoms in total. The number of carbonyl (C=O) groups is 1. The summed E-state index contributed by atoms with van der Waals surface area (Å²) in [6, 6.07) is 15.9. The molecule has 2 aromatic rings. The van der Waals surface area contributed by atoms with Gasteiger partial charge in [0.15, 0.2) is 0 Å². The molecule has 27 heavy (non-hydrogen) atoms. The average molecular weight is 371 g/mol. The number of halogens is 1. The summed E-state index contributed by atoms with van der Waals surface area (Å²) in [5, 5.41) is 12.9. The van der Waals surface area contributed by atoms with Crippen LogP contribution in [0.3, 0.4) is 0 Å². The number of hydrogen-bond donors (Lipinski definition) is 2. The zero-order valence-electron chi connectivity index (χ0n) is 15.4. The fourth-order valence-electron chi connectivity index (χ4n) is 3.50. The molecule has 1 saturated heterocycles. The summed E-state index contributed by atoms with van der Waals surface area (Å²) in [6.45, 7) is 1.64. The molecule has 0 spiro atoms. The maximum absolute atomic E-state index is 13.3. The maximum Gasteiger partial charge on any atom is 0.227 e. The smallest absolute Gasteiger partial charge is 0.227 e. The Hall–Kier alpha value is -2.24. The summed E-state index contributed by atoms with van der Waals surface area (Å²) in [4.78, 5) is 13.0.